The Hall–Kier alpha value is -3.48. The second-order valence-electron chi connectivity index (χ2n) is 8.47. The predicted octanol–water partition coefficient (Wildman–Crippen LogP) is 5.24. The van der Waals surface area contributed by atoms with Crippen molar-refractivity contribution in [2.75, 3.05) is 5.32 Å². The molecule has 0 bridgehead atoms. The van der Waals surface area contributed by atoms with Gasteiger partial charge in [0.15, 0.2) is 0 Å². The van der Waals surface area contributed by atoms with E-state index in [2.05, 4.69) is 15.7 Å². The average molecular weight is 449 g/mol. The fourth-order valence-electron chi connectivity index (χ4n) is 4.16. The van der Waals surface area contributed by atoms with Gasteiger partial charge in [-0.1, -0.05) is 49.6 Å². The molecule has 4 rings (SSSR count). The highest BCUT2D eigenvalue weighted by molar-refractivity contribution is 5.91. The second kappa shape index (κ2) is 10.9. The molecule has 0 unspecified atom stereocenters. The number of benzene rings is 2. The van der Waals surface area contributed by atoms with Crippen LogP contribution in [0.3, 0.4) is 0 Å². The van der Waals surface area contributed by atoms with E-state index >= 15 is 0 Å². The van der Waals surface area contributed by atoms with Gasteiger partial charge in [0, 0.05) is 30.5 Å². The average Bonchev–Trinajstić information content (AvgIpc) is 3.24. The molecule has 1 heterocycles. The van der Waals surface area contributed by atoms with Crippen molar-refractivity contribution in [1.82, 2.24) is 15.1 Å². The molecule has 172 valence electrons. The van der Waals surface area contributed by atoms with Crippen LogP contribution >= 0.6 is 0 Å². The molecule has 1 fully saturated rings. The fourth-order valence-corrected chi connectivity index (χ4v) is 4.16. The summed E-state index contributed by atoms with van der Waals surface area (Å²) in [5, 5.41) is 10.6. The first-order valence-corrected chi connectivity index (χ1v) is 11.6. The van der Waals surface area contributed by atoms with E-state index in [9.17, 15) is 14.0 Å². The molecular weight excluding hydrogens is 419 g/mol. The maximum Gasteiger partial charge on any atom is 0.225 e. The summed E-state index contributed by atoms with van der Waals surface area (Å²) in [4.78, 5) is 24.8. The molecule has 0 atom stereocenters. The van der Waals surface area contributed by atoms with Crippen LogP contribution in [-0.2, 0) is 9.59 Å². The van der Waals surface area contributed by atoms with E-state index in [4.69, 9.17) is 0 Å². The molecule has 0 aliphatic heterocycles. The molecule has 3 aromatic rings. The number of aromatic nitrogens is 2. The zero-order valence-electron chi connectivity index (χ0n) is 18.6. The summed E-state index contributed by atoms with van der Waals surface area (Å²) in [6, 6.07) is 17.7. The van der Waals surface area contributed by atoms with Crippen molar-refractivity contribution in [3.63, 3.8) is 0 Å². The third-order valence-corrected chi connectivity index (χ3v) is 5.90. The van der Waals surface area contributed by atoms with E-state index in [1.165, 1.54) is 31.4 Å². The normalized spacial score (nSPS) is 14.1. The molecule has 0 radical (unpaired) electrons. The second-order valence-corrected chi connectivity index (χ2v) is 8.47. The maximum atomic E-state index is 13.4. The van der Waals surface area contributed by atoms with E-state index < -0.39 is 0 Å². The molecule has 1 aliphatic rings. The molecule has 2 aromatic carbocycles. The number of anilines is 1. The predicted molar refractivity (Wildman–Crippen MR) is 126 cm³/mol. The Kier molecular flexibility index (Phi) is 7.50. The van der Waals surface area contributed by atoms with E-state index in [1.807, 2.05) is 30.3 Å². The van der Waals surface area contributed by atoms with Gasteiger partial charge in [0.25, 0.3) is 0 Å². The first-order chi connectivity index (χ1) is 16.1. The number of hydrogen-bond donors (Lipinski definition) is 2. The minimum atomic E-state index is -0.341. The lowest BCUT2D eigenvalue weighted by Crippen LogP contribution is -2.36. The van der Waals surface area contributed by atoms with Crippen LogP contribution in [0.5, 0.6) is 0 Å². The van der Waals surface area contributed by atoms with E-state index in [0.29, 0.717) is 30.0 Å². The van der Waals surface area contributed by atoms with E-state index in [-0.39, 0.29) is 30.1 Å². The van der Waals surface area contributed by atoms with Crippen molar-refractivity contribution in [2.24, 2.45) is 0 Å². The number of halogens is 1. The fraction of sp³-hybridized carbons (Fsp3) is 0.346. The highest BCUT2D eigenvalue weighted by Gasteiger charge is 2.17. The van der Waals surface area contributed by atoms with Crippen LogP contribution in [0.2, 0.25) is 0 Å². The van der Waals surface area contributed by atoms with Crippen LogP contribution < -0.4 is 10.6 Å². The van der Waals surface area contributed by atoms with Crippen molar-refractivity contribution < 1.29 is 14.0 Å². The molecule has 2 amide bonds. The van der Waals surface area contributed by atoms with E-state index in [1.54, 1.807) is 22.9 Å². The topological polar surface area (TPSA) is 76.0 Å². The molecule has 33 heavy (non-hydrogen) atoms. The molecule has 2 N–H and O–H groups in total. The van der Waals surface area contributed by atoms with Crippen LogP contribution in [0.15, 0.2) is 60.7 Å². The van der Waals surface area contributed by atoms with Crippen molar-refractivity contribution in [1.29, 1.82) is 0 Å². The molecule has 0 saturated heterocycles. The van der Waals surface area contributed by atoms with Gasteiger partial charge in [-0.15, -0.1) is 0 Å². The number of carbonyl (C=O) groups is 2. The first kappa shape index (κ1) is 22.7. The Bertz CT molecular complexity index is 1070. The van der Waals surface area contributed by atoms with Gasteiger partial charge >= 0.3 is 0 Å². The lowest BCUT2D eigenvalue weighted by molar-refractivity contribution is -0.122. The summed E-state index contributed by atoms with van der Waals surface area (Å²) >= 11 is 0. The molecular formula is C26H29FN4O2. The highest BCUT2D eigenvalue weighted by atomic mass is 19.1. The summed E-state index contributed by atoms with van der Waals surface area (Å²) in [7, 11) is 0. The molecule has 6 nitrogen and oxygen atoms in total. The summed E-state index contributed by atoms with van der Waals surface area (Å²) < 4.78 is 15.0. The third kappa shape index (κ3) is 6.28. The smallest absolute Gasteiger partial charge is 0.225 e. The quantitative estimate of drug-likeness (QED) is 0.495. The maximum absolute atomic E-state index is 13.4. The van der Waals surface area contributed by atoms with Crippen LogP contribution in [0, 0.1) is 5.82 Å². The summed E-state index contributed by atoms with van der Waals surface area (Å²) in [6.07, 6.45) is 6.70. The monoisotopic (exact) mass is 448 g/mol. The SMILES string of the molecule is O=C(CCCC(=O)NC1CCCCC1)Nc1cc(-c2ccccc2)nn1-c1ccc(F)cc1. The van der Waals surface area contributed by atoms with Crippen molar-refractivity contribution in [3.05, 3.63) is 66.5 Å². The number of nitrogens with zero attached hydrogens (tertiary/aromatic N) is 2. The van der Waals surface area contributed by atoms with Crippen LogP contribution in [0.4, 0.5) is 10.2 Å². The zero-order chi connectivity index (χ0) is 23.0. The lowest BCUT2D eigenvalue weighted by atomic mass is 9.95. The van der Waals surface area contributed by atoms with Gasteiger partial charge in [-0.2, -0.15) is 5.10 Å². The number of nitrogens with one attached hydrogen (secondary N) is 2. The first-order valence-electron chi connectivity index (χ1n) is 11.6. The number of hydrogen-bond acceptors (Lipinski definition) is 3. The molecule has 1 aliphatic carbocycles. The van der Waals surface area contributed by atoms with Gasteiger partial charge in [0.05, 0.1) is 11.4 Å². The Morgan fingerprint density at radius 2 is 1.64 bits per heavy atom. The Balaban J connectivity index is 1.39. The molecule has 1 aromatic heterocycles. The van der Waals surface area contributed by atoms with E-state index in [0.717, 1.165) is 18.4 Å². The van der Waals surface area contributed by atoms with Gasteiger partial charge in [-0.25, -0.2) is 9.07 Å². The third-order valence-electron chi connectivity index (χ3n) is 5.90. The summed E-state index contributed by atoms with van der Waals surface area (Å²) in [6.45, 7) is 0. The van der Waals surface area contributed by atoms with Crippen molar-refractivity contribution >= 4 is 17.6 Å². The van der Waals surface area contributed by atoms with Crippen LogP contribution in [0.25, 0.3) is 16.9 Å². The van der Waals surface area contributed by atoms with Crippen molar-refractivity contribution in [3.8, 4) is 16.9 Å². The summed E-state index contributed by atoms with van der Waals surface area (Å²) in [5.74, 6) is -0.0239. The van der Waals surface area contributed by atoms with Crippen LogP contribution in [-0.4, -0.2) is 27.6 Å². The van der Waals surface area contributed by atoms with Gasteiger partial charge in [0.1, 0.15) is 11.6 Å². The van der Waals surface area contributed by atoms with Crippen LogP contribution in [0.1, 0.15) is 51.4 Å². The summed E-state index contributed by atoms with van der Waals surface area (Å²) in [5.41, 5.74) is 2.25. The van der Waals surface area contributed by atoms with Gasteiger partial charge in [-0.3, -0.25) is 9.59 Å². The number of amides is 2. The highest BCUT2D eigenvalue weighted by Crippen LogP contribution is 2.25. The lowest BCUT2D eigenvalue weighted by Gasteiger charge is -2.22. The molecule has 1 saturated carbocycles. The molecule has 7 heteroatoms. The Morgan fingerprint density at radius 1 is 0.939 bits per heavy atom. The van der Waals surface area contributed by atoms with Gasteiger partial charge < -0.3 is 10.6 Å². The molecule has 0 spiro atoms. The number of carbonyl (C=O) groups excluding carboxylic acids is 2. The Morgan fingerprint density at radius 3 is 2.36 bits per heavy atom. The number of rotatable bonds is 8. The minimum absolute atomic E-state index is 0.0115. The van der Waals surface area contributed by atoms with Gasteiger partial charge in [0.2, 0.25) is 11.8 Å². The standard InChI is InChI=1S/C26H29FN4O2/c27-20-14-16-22(17-15-20)31-24(18-23(30-31)19-8-3-1-4-9-19)29-26(33)13-7-12-25(32)28-21-10-5-2-6-11-21/h1,3-4,8-9,14-18,21H,2,5-7,10-13H2,(H,28,32)(H,29,33). The zero-order valence-corrected chi connectivity index (χ0v) is 18.6. The van der Waals surface area contributed by atoms with Crippen molar-refractivity contribution in [2.45, 2.75) is 57.4 Å². The van der Waals surface area contributed by atoms with Gasteiger partial charge in [-0.05, 0) is 43.5 Å². The largest absolute Gasteiger partial charge is 0.353 e. The Labute approximate surface area is 193 Å². The minimum Gasteiger partial charge on any atom is -0.353 e.